The lowest BCUT2D eigenvalue weighted by Crippen LogP contribution is -2.41. The molecule has 2 rings (SSSR count). The van der Waals surface area contributed by atoms with Gasteiger partial charge in [-0.3, -0.25) is 0 Å². The van der Waals surface area contributed by atoms with Gasteiger partial charge in [-0.05, 0) is 36.2 Å². The van der Waals surface area contributed by atoms with Gasteiger partial charge >= 0.3 is 12.1 Å². The SMILES string of the molecule is CC1CC[C@H](C(C)C)C(OC(=O)C(OC(=O)OCC(Cl)(Cl)Cl)C(C)c2ccccc2)C1. The molecule has 0 aromatic heterocycles. The summed E-state index contributed by atoms with van der Waals surface area (Å²) in [5.74, 6) is 0.0713. The van der Waals surface area contributed by atoms with Gasteiger partial charge in [0.25, 0.3) is 0 Å². The molecule has 0 bridgehead atoms. The van der Waals surface area contributed by atoms with Crippen LogP contribution in [0.2, 0.25) is 0 Å². The summed E-state index contributed by atoms with van der Waals surface area (Å²) in [6, 6.07) is 9.30. The Morgan fingerprint density at radius 3 is 2.32 bits per heavy atom. The first-order valence-electron chi connectivity index (χ1n) is 10.6. The standard InChI is InChI=1S/C23H31Cl3O5/c1-14(2)18-11-10-15(3)12-19(18)30-21(27)20(16(4)17-8-6-5-7-9-17)31-22(28)29-13-23(24,25)26/h5-9,14-16,18-20H,10-13H2,1-4H3/t15?,16?,18-,19?,20?/m1/s1. The van der Waals surface area contributed by atoms with E-state index in [1.54, 1.807) is 6.92 Å². The van der Waals surface area contributed by atoms with Crippen LogP contribution in [-0.4, -0.2) is 34.7 Å². The number of rotatable bonds is 7. The van der Waals surface area contributed by atoms with Crippen molar-refractivity contribution in [3.63, 3.8) is 0 Å². The van der Waals surface area contributed by atoms with Gasteiger partial charge in [0, 0.05) is 5.92 Å². The van der Waals surface area contributed by atoms with Crippen molar-refractivity contribution in [1.82, 2.24) is 0 Å². The van der Waals surface area contributed by atoms with Crippen LogP contribution in [0.3, 0.4) is 0 Å². The van der Waals surface area contributed by atoms with Crippen LogP contribution in [0.4, 0.5) is 4.79 Å². The molecule has 5 atom stereocenters. The fraction of sp³-hybridized carbons (Fsp3) is 0.652. The van der Waals surface area contributed by atoms with E-state index in [0.29, 0.717) is 11.8 Å². The minimum absolute atomic E-state index is 0.220. The molecule has 0 aliphatic heterocycles. The molecule has 1 saturated carbocycles. The molecule has 0 N–H and O–H groups in total. The molecule has 1 aliphatic carbocycles. The van der Waals surface area contributed by atoms with Crippen molar-refractivity contribution in [3.05, 3.63) is 35.9 Å². The van der Waals surface area contributed by atoms with E-state index < -0.39 is 34.5 Å². The fourth-order valence-electron chi connectivity index (χ4n) is 4.03. The summed E-state index contributed by atoms with van der Waals surface area (Å²) in [4.78, 5) is 25.4. The Morgan fingerprint density at radius 1 is 1.10 bits per heavy atom. The molecule has 8 heteroatoms. The first kappa shape index (κ1) is 26.1. The van der Waals surface area contributed by atoms with Crippen molar-refractivity contribution >= 4 is 46.9 Å². The average Bonchev–Trinajstić information content (AvgIpc) is 2.70. The van der Waals surface area contributed by atoms with Crippen molar-refractivity contribution in [2.75, 3.05) is 6.61 Å². The van der Waals surface area contributed by atoms with Gasteiger partial charge in [0.1, 0.15) is 12.7 Å². The van der Waals surface area contributed by atoms with Gasteiger partial charge in [0.05, 0.1) is 0 Å². The smallest absolute Gasteiger partial charge is 0.459 e. The van der Waals surface area contributed by atoms with E-state index in [0.717, 1.165) is 24.8 Å². The van der Waals surface area contributed by atoms with E-state index in [9.17, 15) is 9.59 Å². The highest BCUT2D eigenvalue weighted by Gasteiger charge is 2.38. The van der Waals surface area contributed by atoms with Crippen molar-refractivity contribution in [2.45, 2.75) is 68.9 Å². The lowest BCUT2D eigenvalue weighted by molar-refractivity contribution is -0.168. The maximum atomic E-state index is 13.2. The van der Waals surface area contributed by atoms with Gasteiger partial charge < -0.3 is 14.2 Å². The highest BCUT2D eigenvalue weighted by Crippen LogP contribution is 2.36. The summed E-state index contributed by atoms with van der Waals surface area (Å²) in [5, 5.41) is 0. The third-order valence-electron chi connectivity index (χ3n) is 5.82. The maximum absolute atomic E-state index is 13.2. The van der Waals surface area contributed by atoms with Gasteiger partial charge in [0.15, 0.2) is 0 Å². The molecular weight excluding hydrogens is 463 g/mol. The summed E-state index contributed by atoms with van der Waals surface area (Å²) < 4.78 is 14.4. The van der Waals surface area contributed by atoms with Gasteiger partial charge in [-0.15, -0.1) is 0 Å². The normalized spacial score (nSPS) is 23.7. The third-order valence-corrected chi connectivity index (χ3v) is 6.14. The molecule has 0 spiro atoms. The summed E-state index contributed by atoms with van der Waals surface area (Å²) in [6.07, 6.45) is 0.410. The number of esters is 1. The summed E-state index contributed by atoms with van der Waals surface area (Å²) in [7, 11) is 0. The molecule has 0 radical (unpaired) electrons. The number of hydrogen-bond donors (Lipinski definition) is 0. The van der Waals surface area contributed by atoms with E-state index in [4.69, 9.17) is 49.0 Å². The van der Waals surface area contributed by atoms with E-state index >= 15 is 0 Å². The second-order valence-corrected chi connectivity index (χ2v) is 11.2. The van der Waals surface area contributed by atoms with Gasteiger partial charge in [-0.1, -0.05) is 99.3 Å². The number of halogens is 3. The molecule has 1 aromatic rings. The minimum atomic E-state index is -1.78. The summed E-state index contributed by atoms with van der Waals surface area (Å²) in [5.41, 5.74) is 0.830. The molecule has 0 saturated heterocycles. The Bertz CT molecular complexity index is 720. The second-order valence-electron chi connectivity index (χ2n) is 8.69. The number of carbonyl (C=O) groups is 2. The third kappa shape index (κ3) is 8.36. The molecular formula is C23H31Cl3O5. The molecule has 0 amide bonds. The number of hydrogen-bond acceptors (Lipinski definition) is 5. The monoisotopic (exact) mass is 492 g/mol. The molecule has 1 aromatic carbocycles. The highest BCUT2D eigenvalue weighted by molar-refractivity contribution is 6.67. The van der Waals surface area contributed by atoms with E-state index in [1.807, 2.05) is 30.3 Å². The van der Waals surface area contributed by atoms with Gasteiger partial charge in [0.2, 0.25) is 9.90 Å². The molecule has 1 aliphatic rings. The first-order chi connectivity index (χ1) is 14.5. The number of benzene rings is 1. The van der Waals surface area contributed by atoms with Crippen molar-refractivity contribution in [3.8, 4) is 0 Å². The van der Waals surface area contributed by atoms with Crippen molar-refractivity contribution in [2.24, 2.45) is 17.8 Å². The van der Waals surface area contributed by atoms with Crippen molar-refractivity contribution < 1.29 is 23.8 Å². The molecule has 31 heavy (non-hydrogen) atoms. The zero-order chi connectivity index (χ0) is 23.2. The van der Waals surface area contributed by atoms with Crippen LogP contribution >= 0.6 is 34.8 Å². The lowest BCUT2D eigenvalue weighted by atomic mass is 9.75. The van der Waals surface area contributed by atoms with Crippen LogP contribution in [0, 0.1) is 17.8 Å². The van der Waals surface area contributed by atoms with E-state index in [-0.39, 0.29) is 12.0 Å². The number of carbonyl (C=O) groups excluding carboxylic acids is 2. The number of alkyl halides is 3. The summed E-state index contributed by atoms with van der Waals surface area (Å²) in [6.45, 7) is 7.73. The second kappa shape index (κ2) is 11.6. The zero-order valence-corrected chi connectivity index (χ0v) is 20.6. The van der Waals surface area contributed by atoms with Crippen molar-refractivity contribution in [1.29, 1.82) is 0 Å². The molecule has 5 nitrogen and oxygen atoms in total. The van der Waals surface area contributed by atoms with Gasteiger partial charge in [-0.2, -0.15) is 0 Å². The average molecular weight is 494 g/mol. The Balaban J connectivity index is 2.17. The molecule has 174 valence electrons. The fourth-order valence-corrected chi connectivity index (χ4v) is 4.19. The van der Waals surface area contributed by atoms with Crippen LogP contribution < -0.4 is 0 Å². The topological polar surface area (TPSA) is 61.8 Å². The Kier molecular flexibility index (Phi) is 9.78. The molecule has 1 fully saturated rings. The van der Waals surface area contributed by atoms with Crippen LogP contribution in [0.25, 0.3) is 0 Å². The predicted molar refractivity (Wildman–Crippen MR) is 123 cm³/mol. The zero-order valence-electron chi connectivity index (χ0n) is 18.4. The largest absolute Gasteiger partial charge is 0.509 e. The predicted octanol–water partition coefficient (Wildman–Crippen LogP) is 6.69. The van der Waals surface area contributed by atoms with E-state index in [2.05, 4.69) is 20.8 Å². The van der Waals surface area contributed by atoms with Crippen LogP contribution in [0.1, 0.15) is 58.4 Å². The quantitative estimate of drug-likeness (QED) is 0.313. The maximum Gasteiger partial charge on any atom is 0.509 e. The van der Waals surface area contributed by atoms with Gasteiger partial charge in [-0.25, -0.2) is 9.59 Å². The van der Waals surface area contributed by atoms with Crippen LogP contribution in [-0.2, 0) is 19.0 Å². The van der Waals surface area contributed by atoms with E-state index in [1.165, 1.54) is 0 Å². The molecule has 0 heterocycles. The van der Waals surface area contributed by atoms with Crippen LogP contribution in [0.15, 0.2) is 30.3 Å². The Labute approximate surface area is 199 Å². The summed E-state index contributed by atoms with van der Waals surface area (Å²) >= 11 is 16.9. The first-order valence-corrected chi connectivity index (χ1v) is 11.8. The minimum Gasteiger partial charge on any atom is -0.459 e. The Morgan fingerprint density at radius 2 is 1.74 bits per heavy atom. The van der Waals surface area contributed by atoms with Crippen LogP contribution in [0.5, 0.6) is 0 Å². The highest BCUT2D eigenvalue weighted by atomic mass is 35.6. The number of ether oxygens (including phenoxy) is 3. The Hall–Kier alpha value is -1.17. The molecule has 4 unspecified atom stereocenters. The lowest BCUT2D eigenvalue weighted by Gasteiger charge is -2.37.